The Morgan fingerprint density at radius 2 is 2.06 bits per heavy atom. The van der Waals surface area contributed by atoms with Gasteiger partial charge in [-0.2, -0.15) is 0 Å². The Labute approximate surface area is 108 Å². The molecule has 0 fully saturated rings. The van der Waals surface area contributed by atoms with Crippen molar-refractivity contribution < 1.29 is 4.79 Å². The summed E-state index contributed by atoms with van der Waals surface area (Å²) in [5.41, 5.74) is 1.15. The Morgan fingerprint density at radius 3 is 2.78 bits per heavy atom. The number of benzene rings is 1. The maximum absolute atomic E-state index is 11.9. The van der Waals surface area contributed by atoms with Crippen LogP contribution in [0.5, 0.6) is 0 Å². The van der Waals surface area contributed by atoms with Gasteiger partial charge in [-0.15, -0.1) is 0 Å². The summed E-state index contributed by atoms with van der Waals surface area (Å²) < 4.78 is 0. The second kappa shape index (κ2) is 5.64. The van der Waals surface area contributed by atoms with E-state index in [9.17, 15) is 9.59 Å². The van der Waals surface area contributed by atoms with Gasteiger partial charge in [-0.25, -0.2) is 9.78 Å². The predicted molar refractivity (Wildman–Crippen MR) is 71.1 cm³/mol. The molecule has 0 aliphatic heterocycles. The van der Waals surface area contributed by atoms with E-state index < -0.39 is 5.69 Å². The van der Waals surface area contributed by atoms with Crippen LogP contribution >= 0.6 is 11.8 Å². The van der Waals surface area contributed by atoms with Gasteiger partial charge in [0, 0.05) is 11.8 Å². The van der Waals surface area contributed by atoms with E-state index in [1.54, 1.807) is 12.1 Å². The third-order valence-corrected chi connectivity index (χ3v) is 3.52. The number of hydrogen-bond donors (Lipinski definition) is 1. The Bertz CT molecular complexity index is 608. The fraction of sp³-hybridized carbons (Fsp3) is 0.154. The lowest BCUT2D eigenvalue weighted by molar-refractivity contribution is 0.102. The molecule has 0 radical (unpaired) electrons. The van der Waals surface area contributed by atoms with Crippen molar-refractivity contribution in [1.29, 1.82) is 0 Å². The monoisotopic (exact) mass is 260 g/mol. The van der Waals surface area contributed by atoms with Crippen LogP contribution in [0.4, 0.5) is 0 Å². The van der Waals surface area contributed by atoms with Crippen molar-refractivity contribution in [2.24, 2.45) is 0 Å². The number of Topliss-reactive ketones (excluding diaryl/α,β-unsaturated/α-hetero) is 1. The number of ketones is 1. The van der Waals surface area contributed by atoms with Gasteiger partial charge in [0.05, 0.1) is 10.8 Å². The fourth-order valence-corrected chi connectivity index (χ4v) is 2.32. The summed E-state index contributed by atoms with van der Waals surface area (Å²) in [5, 5.41) is 0.694. The SMILES string of the molecule is Cc1cnc(=O)[nH]c1SCC(=O)c1ccccc1. The van der Waals surface area contributed by atoms with Crippen LogP contribution in [0, 0.1) is 6.92 Å². The topological polar surface area (TPSA) is 62.8 Å². The van der Waals surface area contributed by atoms with Crippen molar-refractivity contribution in [1.82, 2.24) is 9.97 Å². The first-order valence-corrected chi connectivity index (χ1v) is 6.42. The molecule has 0 unspecified atom stereocenters. The third-order valence-electron chi connectivity index (χ3n) is 2.40. The van der Waals surface area contributed by atoms with Gasteiger partial charge in [0.2, 0.25) is 0 Å². The van der Waals surface area contributed by atoms with E-state index in [0.29, 0.717) is 16.3 Å². The molecular formula is C13H12N2O2S. The zero-order valence-electron chi connectivity index (χ0n) is 9.84. The molecule has 2 rings (SSSR count). The lowest BCUT2D eigenvalue weighted by Gasteiger charge is -2.03. The second-order valence-corrected chi connectivity index (χ2v) is 4.76. The molecule has 5 heteroatoms. The van der Waals surface area contributed by atoms with Gasteiger partial charge in [-0.3, -0.25) is 4.79 Å². The number of aromatic nitrogens is 2. The van der Waals surface area contributed by atoms with Gasteiger partial charge in [0.1, 0.15) is 0 Å². The van der Waals surface area contributed by atoms with Crippen molar-refractivity contribution in [2.45, 2.75) is 11.9 Å². The maximum Gasteiger partial charge on any atom is 0.345 e. The van der Waals surface area contributed by atoms with Crippen LogP contribution in [0.3, 0.4) is 0 Å². The molecular weight excluding hydrogens is 248 g/mol. The van der Waals surface area contributed by atoms with Crippen LogP contribution in [-0.4, -0.2) is 21.5 Å². The largest absolute Gasteiger partial charge is 0.345 e. The van der Waals surface area contributed by atoms with E-state index in [4.69, 9.17) is 0 Å². The normalized spacial score (nSPS) is 10.3. The summed E-state index contributed by atoms with van der Waals surface area (Å²) in [7, 11) is 0. The summed E-state index contributed by atoms with van der Waals surface area (Å²) in [6, 6.07) is 9.10. The molecule has 1 aromatic carbocycles. The van der Waals surface area contributed by atoms with Gasteiger partial charge in [0.15, 0.2) is 5.78 Å². The molecule has 2 aromatic rings. The van der Waals surface area contributed by atoms with Crippen LogP contribution < -0.4 is 5.69 Å². The molecule has 0 saturated carbocycles. The Balaban J connectivity index is 2.06. The van der Waals surface area contributed by atoms with E-state index in [1.807, 2.05) is 25.1 Å². The fourth-order valence-electron chi connectivity index (χ4n) is 1.44. The second-order valence-electron chi connectivity index (χ2n) is 3.78. The van der Waals surface area contributed by atoms with Crippen molar-refractivity contribution in [2.75, 3.05) is 5.75 Å². The van der Waals surface area contributed by atoms with Crippen LogP contribution in [0.15, 0.2) is 46.3 Å². The number of aromatic amines is 1. The molecule has 1 heterocycles. The zero-order chi connectivity index (χ0) is 13.0. The molecule has 1 aromatic heterocycles. The van der Waals surface area contributed by atoms with Gasteiger partial charge < -0.3 is 4.98 Å². The van der Waals surface area contributed by atoms with Crippen molar-refractivity contribution in [3.63, 3.8) is 0 Å². The van der Waals surface area contributed by atoms with E-state index in [1.165, 1.54) is 18.0 Å². The smallest absolute Gasteiger partial charge is 0.300 e. The zero-order valence-corrected chi connectivity index (χ0v) is 10.7. The highest BCUT2D eigenvalue weighted by atomic mass is 32.2. The van der Waals surface area contributed by atoms with Gasteiger partial charge in [-0.05, 0) is 12.5 Å². The van der Waals surface area contributed by atoms with Crippen LogP contribution in [0.1, 0.15) is 15.9 Å². The lowest BCUT2D eigenvalue weighted by Crippen LogP contribution is -2.12. The molecule has 4 nitrogen and oxygen atoms in total. The highest BCUT2D eigenvalue weighted by molar-refractivity contribution is 8.00. The molecule has 0 aliphatic rings. The summed E-state index contributed by atoms with van der Waals surface area (Å²) in [4.78, 5) is 29.2. The third kappa shape index (κ3) is 3.07. The number of carbonyl (C=O) groups is 1. The maximum atomic E-state index is 11.9. The molecule has 0 spiro atoms. The first-order valence-electron chi connectivity index (χ1n) is 5.44. The summed E-state index contributed by atoms with van der Waals surface area (Å²) in [6.07, 6.45) is 1.51. The lowest BCUT2D eigenvalue weighted by atomic mass is 10.2. The minimum Gasteiger partial charge on any atom is -0.300 e. The minimum atomic E-state index is -0.393. The summed E-state index contributed by atoms with van der Waals surface area (Å²) >= 11 is 1.32. The van der Waals surface area contributed by atoms with Gasteiger partial charge >= 0.3 is 5.69 Å². The number of nitrogens with one attached hydrogen (secondary N) is 1. The highest BCUT2D eigenvalue weighted by Gasteiger charge is 2.08. The van der Waals surface area contributed by atoms with Crippen molar-refractivity contribution in [3.05, 3.63) is 58.1 Å². The number of rotatable bonds is 4. The Kier molecular flexibility index (Phi) is 3.94. The molecule has 0 atom stereocenters. The van der Waals surface area contributed by atoms with Gasteiger partial charge in [0.25, 0.3) is 0 Å². The number of hydrogen-bond acceptors (Lipinski definition) is 4. The van der Waals surface area contributed by atoms with Gasteiger partial charge in [-0.1, -0.05) is 42.1 Å². The molecule has 18 heavy (non-hydrogen) atoms. The van der Waals surface area contributed by atoms with E-state index in [2.05, 4.69) is 9.97 Å². The molecule has 0 saturated heterocycles. The number of thioether (sulfide) groups is 1. The average molecular weight is 260 g/mol. The predicted octanol–water partition coefficient (Wildman–Crippen LogP) is 2.05. The van der Waals surface area contributed by atoms with Crippen LogP contribution in [0.2, 0.25) is 0 Å². The van der Waals surface area contributed by atoms with E-state index in [-0.39, 0.29) is 5.78 Å². The number of H-pyrrole nitrogens is 1. The Morgan fingerprint density at radius 1 is 1.33 bits per heavy atom. The Hall–Kier alpha value is -1.88. The molecule has 0 amide bonds. The molecule has 92 valence electrons. The van der Waals surface area contributed by atoms with Crippen molar-refractivity contribution in [3.8, 4) is 0 Å². The first-order chi connectivity index (χ1) is 8.66. The summed E-state index contributed by atoms with van der Waals surface area (Å²) in [5.74, 6) is 0.336. The standard InChI is InChI=1S/C13H12N2O2S/c1-9-7-14-13(17)15-12(9)18-8-11(16)10-5-3-2-4-6-10/h2-7H,8H2,1H3,(H,14,15,17). The van der Waals surface area contributed by atoms with E-state index >= 15 is 0 Å². The van der Waals surface area contributed by atoms with Crippen LogP contribution in [0.25, 0.3) is 0 Å². The first kappa shape index (κ1) is 12.6. The number of carbonyl (C=O) groups excluding carboxylic acids is 1. The molecule has 0 bridgehead atoms. The van der Waals surface area contributed by atoms with Crippen LogP contribution in [-0.2, 0) is 0 Å². The highest BCUT2D eigenvalue weighted by Crippen LogP contribution is 2.18. The van der Waals surface area contributed by atoms with Crippen molar-refractivity contribution >= 4 is 17.5 Å². The molecule has 1 N–H and O–H groups in total. The summed E-state index contributed by atoms with van der Waals surface area (Å²) in [6.45, 7) is 1.85. The van der Waals surface area contributed by atoms with E-state index in [0.717, 1.165) is 5.56 Å². The molecule has 0 aliphatic carbocycles. The average Bonchev–Trinajstić information content (AvgIpc) is 2.40. The number of nitrogens with zero attached hydrogens (tertiary/aromatic N) is 1. The number of aryl methyl sites for hydroxylation is 1. The minimum absolute atomic E-state index is 0.0395. The quantitative estimate of drug-likeness (QED) is 0.519.